The summed E-state index contributed by atoms with van der Waals surface area (Å²) >= 11 is 0. The van der Waals surface area contributed by atoms with Crippen LogP contribution in [0.5, 0.6) is 17.2 Å². The van der Waals surface area contributed by atoms with Crippen LogP contribution in [0.4, 0.5) is 11.4 Å². The number of allylic oxidation sites excluding steroid dienone is 2. The number of phenols is 1. The summed E-state index contributed by atoms with van der Waals surface area (Å²) < 4.78 is 39.7. The van der Waals surface area contributed by atoms with E-state index in [9.17, 15) is 13.5 Å². The quantitative estimate of drug-likeness (QED) is 0.381. The molecule has 1 heterocycles. The first-order chi connectivity index (χ1) is 16.9. The fraction of sp³-hybridized carbons (Fsp3) is 0.259. The van der Waals surface area contributed by atoms with Gasteiger partial charge in [-0.15, -0.1) is 0 Å². The third kappa shape index (κ3) is 4.30. The molecule has 0 saturated heterocycles. The lowest BCUT2D eigenvalue weighted by Gasteiger charge is -2.38. The molecule has 5 rings (SSSR count). The van der Waals surface area contributed by atoms with Crippen molar-refractivity contribution in [2.75, 3.05) is 23.8 Å². The summed E-state index contributed by atoms with van der Waals surface area (Å²) in [4.78, 5) is 0.202. The van der Waals surface area contributed by atoms with Gasteiger partial charge in [-0.1, -0.05) is 24.3 Å². The monoisotopic (exact) mass is 492 g/mol. The molecule has 0 bridgehead atoms. The Morgan fingerprint density at radius 3 is 2.63 bits per heavy atom. The first kappa shape index (κ1) is 23.1. The number of ether oxygens (including phenoxy) is 2. The summed E-state index contributed by atoms with van der Waals surface area (Å²) in [6, 6.07) is 17.3. The molecule has 0 aromatic heterocycles. The zero-order chi connectivity index (χ0) is 24.6. The van der Waals surface area contributed by atoms with E-state index >= 15 is 0 Å². The topological polar surface area (TPSA) is 96.9 Å². The fourth-order valence-corrected chi connectivity index (χ4v) is 6.10. The Kier molecular flexibility index (Phi) is 6.06. The highest BCUT2D eigenvalue weighted by atomic mass is 32.2. The van der Waals surface area contributed by atoms with Crippen molar-refractivity contribution in [2.24, 2.45) is 5.92 Å². The average molecular weight is 493 g/mol. The van der Waals surface area contributed by atoms with Gasteiger partial charge in [0.1, 0.15) is 5.75 Å². The minimum Gasteiger partial charge on any atom is -0.504 e. The Morgan fingerprint density at radius 2 is 1.89 bits per heavy atom. The minimum atomic E-state index is -3.78. The molecule has 8 heteroatoms. The van der Waals surface area contributed by atoms with E-state index in [1.54, 1.807) is 48.5 Å². The normalized spacial score (nSPS) is 20.5. The number of benzene rings is 3. The number of phenolic OH excluding ortho intramolecular Hbond substituents is 1. The summed E-state index contributed by atoms with van der Waals surface area (Å²) in [7, 11) is -2.25. The maximum atomic E-state index is 13.2. The SMILES string of the molecule is CCOc1ccc(NS(=O)(=O)c2ccc3c(c2)C2C=CCC2C(c2cccc(OC)c2O)N3)cc1. The molecule has 2 aliphatic rings. The summed E-state index contributed by atoms with van der Waals surface area (Å²) in [5, 5.41) is 14.3. The number of anilines is 2. The van der Waals surface area contributed by atoms with E-state index in [2.05, 4.69) is 22.2 Å². The molecule has 1 aliphatic heterocycles. The van der Waals surface area contributed by atoms with Gasteiger partial charge >= 0.3 is 0 Å². The number of aromatic hydroxyl groups is 1. The Morgan fingerprint density at radius 1 is 1.09 bits per heavy atom. The maximum Gasteiger partial charge on any atom is 0.261 e. The molecule has 182 valence electrons. The number of methoxy groups -OCH3 is 1. The Hall–Kier alpha value is -3.65. The summed E-state index contributed by atoms with van der Waals surface area (Å²) in [6.45, 7) is 2.44. The van der Waals surface area contributed by atoms with Gasteiger partial charge in [-0.25, -0.2) is 8.42 Å². The molecule has 3 aromatic carbocycles. The van der Waals surface area contributed by atoms with Gasteiger partial charge < -0.3 is 19.9 Å². The first-order valence-electron chi connectivity index (χ1n) is 11.6. The fourth-order valence-electron chi connectivity index (χ4n) is 5.00. The van der Waals surface area contributed by atoms with E-state index in [-0.39, 0.29) is 28.5 Å². The van der Waals surface area contributed by atoms with Crippen LogP contribution in [0.3, 0.4) is 0 Å². The molecule has 3 atom stereocenters. The highest BCUT2D eigenvalue weighted by Crippen LogP contribution is 2.52. The molecule has 1 aliphatic carbocycles. The van der Waals surface area contributed by atoms with Crippen LogP contribution in [-0.4, -0.2) is 27.2 Å². The molecule has 0 amide bonds. The van der Waals surface area contributed by atoms with Gasteiger partial charge in [-0.3, -0.25) is 4.72 Å². The molecule has 3 unspecified atom stereocenters. The van der Waals surface area contributed by atoms with Crippen molar-refractivity contribution < 1.29 is 23.0 Å². The number of rotatable bonds is 7. The molecule has 0 fully saturated rings. The number of hydrogen-bond donors (Lipinski definition) is 3. The zero-order valence-corrected chi connectivity index (χ0v) is 20.4. The largest absolute Gasteiger partial charge is 0.504 e. The standard InChI is InChI=1S/C27H28N2O5S/c1-3-34-18-12-10-17(11-13-18)29-35(31,32)19-14-15-24-23(16-19)20-6-4-7-21(20)26(28-24)22-8-5-9-25(33-2)27(22)30/h4-6,8-16,20-21,26,28-30H,3,7H2,1-2H3. The zero-order valence-electron chi connectivity index (χ0n) is 19.6. The lowest BCUT2D eigenvalue weighted by Crippen LogP contribution is -2.29. The lowest BCUT2D eigenvalue weighted by molar-refractivity contribution is 0.340. The van der Waals surface area contributed by atoms with Crippen LogP contribution in [0.2, 0.25) is 0 Å². The number of para-hydroxylation sites is 1. The highest BCUT2D eigenvalue weighted by molar-refractivity contribution is 7.92. The Bertz CT molecular complexity index is 1370. The molecule has 35 heavy (non-hydrogen) atoms. The van der Waals surface area contributed by atoms with Crippen molar-refractivity contribution in [3.05, 3.63) is 83.9 Å². The Balaban J connectivity index is 1.45. The third-order valence-corrected chi connectivity index (χ3v) is 8.03. The second-order valence-electron chi connectivity index (χ2n) is 8.69. The van der Waals surface area contributed by atoms with Crippen molar-refractivity contribution in [3.8, 4) is 17.2 Å². The average Bonchev–Trinajstić information content (AvgIpc) is 3.35. The predicted octanol–water partition coefficient (Wildman–Crippen LogP) is 5.43. The van der Waals surface area contributed by atoms with Crippen LogP contribution < -0.4 is 19.5 Å². The van der Waals surface area contributed by atoms with Crippen molar-refractivity contribution >= 4 is 21.4 Å². The van der Waals surface area contributed by atoms with Gasteiger partial charge in [0.05, 0.1) is 24.7 Å². The second-order valence-corrected chi connectivity index (χ2v) is 10.4. The Labute approximate surface area is 205 Å². The van der Waals surface area contributed by atoms with E-state index in [0.717, 1.165) is 23.2 Å². The van der Waals surface area contributed by atoms with Gasteiger partial charge in [0, 0.05) is 22.9 Å². The van der Waals surface area contributed by atoms with Gasteiger partial charge in [0.15, 0.2) is 11.5 Å². The van der Waals surface area contributed by atoms with E-state index < -0.39 is 10.0 Å². The smallest absolute Gasteiger partial charge is 0.261 e. The maximum absolute atomic E-state index is 13.2. The minimum absolute atomic E-state index is 0.0301. The van der Waals surface area contributed by atoms with Crippen molar-refractivity contribution in [1.29, 1.82) is 0 Å². The number of sulfonamides is 1. The highest BCUT2D eigenvalue weighted by Gasteiger charge is 2.39. The molecule has 7 nitrogen and oxygen atoms in total. The molecule has 0 radical (unpaired) electrons. The van der Waals surface area contributed by atoms with E-state index in [1.165, 1.54) is 7.11 Å². The van der Waals surface area contributed by atoms with Gasteiger partial charge in [0.25, 0.3) is 10.0 Å². The van der Waals surface area contributed by atoms with Crippen LogP contribution in [0.1, 0.15) is 36.4 Å². The van der Waals surface area contributed by atoms with Crippen LogP contribution in [0, 0.1) is 5.92 Å². The molecule has 0 spiro atoms. The van der Waals surface area contributed by atoms with Gasteiger partial charge in [-0.05, 0) is 73.4 Å². The van der Waals surface area contributed by atoms with E-state index in [1.807, 2.05) is 19.1 Å². The number of nitrogens with one attached hydrogen (secondary N) is 2. The molecule has 0 saturated carbocycles. The van der Waals surface area contributed by atoms with Crippen LogP contribution in [-0.2, 0) is 10.0 Å². The van der Waals surface area contributed by atoms with Crippen LogP contribution in [0.15, 0.2) is 77.7 Å². The van der Waals surface area contributed by atoms with Crippen LogP contribution in [0.25, 0.3) is 0 Å². The lowest BCUT2D eigenvalue weighted by atomic mass is 9.77. The third-order valence-electron chi connectivity index (χ3n) is 6.65. The van der Waals surface area contributed by atoms with Gasteiger partial charge in [0.2, 0.25) is 0 Å². The van der Waals surface area contributed by atoms with Crippen LogP contribution >= 0.6 is 0 Å². The van der Waals surface area contributed by atoms with Crippen molar-refractivity contribution in [1.82, 2.24) is 0 Å². The van der Waals surface area contributed by atoms with E-state index in [4.69, 9.17) is 9.47 Å². The summed E-state index contributed by atoms with van der Waals surface area (Å²) in [5.74, 6) is 1.41. The van der Waals surface area contributed by atoms with Crippen molar-refractivity contribution in [3.63, 3.8) is 0 Å². The molecular weight excluding hydrogens is 464 g/mol. The second kappa shape index (κ2) is 9.19. The molecular formula is C27H28N2O5S. The summed E-state index contributed by atoms with van der Waals surface area (Å²) in [6.07, 6.45) is 5.07. The molecule has 3 aromatic rings. The molecule has 3 N–H and O–H groups in total. The predicted molar refractivity (Wildman–Crippen MR) is 136 cm³/mol. The van der Waals surface area contributed by atoms with E-state index in [0.29, 0.717) is 23.8 Å². The first-order valence-corrected chi connectivity index (χ1v) is 13.1. The number of fused-ring (bicyclic) bond motifs is 3. The number of hydrogen-bond acceptors (Lipinski definition) is 6. The van der Waals surface area contributed by atoms with Crippen molar-refractivity contribution in [2.45, 2.75) is 30.2 Å². The van der Waals surface area contributed by atoms with Gasteiger partial charge in [-0.2, -0.15) is 0 Å². The summed E-state index contributed by atoms with van der Waals surface area (Å²) in [5.41, 5.74) is 3.01.